The van der Waals surface area contributed by atoms with Gasteiger partial charge in [0.15, 0.2) is 0 Å². The van der Waals surface area contributed by atoms with Crippen LogP contribution in [-0.4, -0.2) is 76.1 Å². The zero-order valence-corrected chi connectivity index (χ0v) is 25.4. The molecule has 0 aromatic heterocycles. The molecule has 0 aliphatic heterocycles. The molecule has 0 aliphatic carbocycles. The van der Waals surface area contributed by atoms with Crippen molar-refractivity contribution >= 4 is 23.6 Å². The fourth-order valence-corrected chi connectivity index (χ4v) is 4.94. The number of rotatable bonds is 15. The lowest BCUT2D eigenvalue weighted by molar-refractivity contribution is -0.0187. The summed E-state index contributed by atoms with van der Waals surface area (Å²) in [5, 5.41) is 27.9. The lowest BCUT2D eigenvalue weighted by Crippen LogP contribution is -2.55. The Morgan fingerprint density at radius 1 is 0.727 bits per heavy atom. The molecule has 44 heavy (non-hydrogen) atoms. The Labute approximate surface area is 258 Å². The smallest absolute Gasteiger partial charge is 0.253 e. The Hall–Kier alpha value is -4.54. The second kappa shape index (κ2) is 16.3. The monoisotopic (exact) mass is 602 g/mol. The minimum Gasteiger partial charge on any atom is -0.388 e. The van der Waals surface area contributed by atoms with E-state index in [1.54, 1.807) is 42.2 Å². The van der Waals surface area contributed by atoms with E-state index in [9.17, 15) is 29.4 Å². The molecule has 3 aromatic rings. The SMILES string of the molecule is CCCN(CCC)C(=O)c1cc(C(N)=O)cc(C(=O)NC(Cc2ccccc2)C(O)C(O)C(C)NC(=O)c2ccccc2)c1. The maximum absolute atomic E-state index is 13.6. The van der Waals surface area contributed by atoms with E-state index in [0.29, 0.717) is 18.7 Å². The average Bonchev–Trinajstić information content (AvgIpc) is 3.03. The molecule has 0 spiro atoms. The summed E-state index contributed by atoms with van der Waals surface area (Å²) in [6.07, 6.45) is -1.34. The fourth-order valence-electron chi connectivity index (χ4n) is 4.94. The van der Waals surface area contributed by atoms with Crippen LogP contribution in [-0.2, 0) is 6.42 Å². The molecule has 0 radical (unpaired) electrons. The van der Waals surface area contributed by atoms with Gasteiger partial charge in [0.25, 0.3) is 17.7 Å². The van der Waals surface area contributed by atoms with E-state index in [-0.39, 0.29) is 29.0 Å². The van der Waals surface area contributed by atoms with Crippen LogP contribution in [0.5, 0.6) is 0 Å². The van der Waals surface area contributed by atoms with Gasteiger partial charge in [-0.25, -0.2) is 0 Å². The van der Waals surface area contributed by atoms with E-state index in [1.807, 2.05) is 44.2 Å². The molecule has 0 aliphatic rings. The maximum Gasteiger partial charge on any atom is 0.253 e. The Kier molecular flexibility index (Phi) is 12.6. The number of hydrogen-bond donors (Lipinski definition) is 5. The third-order valence-electron chi connectivity index (χ3n) is 7.29. The number of aliphatic hydroxyl groups excluding tert-OH is 2. The van der Waals surface area contributed by atoms with E-state index in [1.165, 1.54) is 18.2 Å². The van der Waals surface area contributed by atoms with Crippen LogP contribution < -0.4 is 16.4 Å². The topological polar surface area (TPSA) is 162 Å². The van der Waals surface area contributed by atoms with Gasteiger partial charge in [-0.05, 0) is 62.1 Å². The molecule has 0 bridgehead atoms. The van der Waals surface area contributed by atoms with Gasteiger partial charge >= 0.3 is 0 Å². The van der Waals surface area contributed by atoms with Crippen LogP contribution in [0.4, 0.5) is 0 Å². The van der Waals surface area contributed by atoms with Crippen LogP contribution >= 0.6 is 0 Å². The van der Waals surface area contributed by atoms with Gasteiger partial charge in [0, 0.05) is 35.3 Å². The van der Waals surface area contributed by atoms with Crippen LogP contribution in [0.2, 0.25) is 0 Å². The molecule has 10 heteroatoms. The van der Waals surface area contributed by atoms with Gasteiger partial charge in [-0.3, -0.25) is 19.2 Å². The number of aliphatic hydroxyl groups is 2. The van der Waals surface area contributed by atoms with Crippen LogP contribution in [0, 0.1) is 0 Å². The van der Waals surface area contributed by atoms with Crippen molar-refractivity contribution in [1.82, 2.24) is 15.5 Å². The molecule has 3 aromatic carbocycles. The van der Waals surface area contributed by atoms with Crippen LogP contribution in [0.15, 0.2) is 78.9 Å². The van der Waals surface area contributed by atoms with Crippen molar-refractivity contribution in [3.63, 3.8) is 0 Å². The van der Waals surface area contributed by atoms with Crippen molar-refractivity contribution in [2.45, 2.75) is 64.3 Å². The van der Waals surface area contributed by atoms with Crippen LogP contribution in [0.3, 0.4) is 0 Å². The molecule has 0 heterocycles. The first-order valence-electron chi connectivity index (χ1n) is 14.9. The minimum atomic E-state index is -1.50. The first-order valence-corrected chi connectivity index (χ1v) is 14.9. The molecule has 4 atom stereocenters. The van der Waals surface area contributed by atoms with Crippen molar-refractivity contribution in [3.8, 4) is 0 Å². The molecule has 3 rings (SSSR count). The van der Waals surface area contributed by atoms with Gasteiger partial charge in [-0.15, -0.1) is 0 Å². The molecule has 10 nitrogen and oxygen atoms in total. The van der Waals surface area contributed by atoms with Crippen molar-refractivity contribution in [3.05, 3.63) is 107 Å². The highest BCUT2D eigenvalue weighted by atomic mass is 16.3. The van der Waals surface area contributed by atoms with E-state index < -0.39 is 42.0 Å². The first-order chi connectivity index (χ1) is 21.0. The van der Waals surface area contributed by atoms with Gasteiger partial charge in [0.2, 0.25) is 5.91 Å². The summed E-state index contributed by atoms with van der Waals surface area (Å²) in [4.78, 5) is 53.4. The second-order valence-electron chi connectivity index (χ2n) is 10.8. The van der Waals surface area contributed by atoms with Gasteiger partial charge in [-0.1, -0.05) is 62.4 Å². The third-order valence-corrected chi connectivity index (χ3v) is 7.29. The molecule has 6 N–H and O–H groups in total. The molecular weight excluding hydrogens is 560 g/mol. The summed E-state index contributed by atoms with van der Waals surface area (Å²) >= 11 is 0. The van der Waals surface area contributed by atoms with Crippen molar-refractivity contribution in [2.24, 2.45) is 5.73 Å². The number of nitrogens with zero attached hydrogens (tertiary/aromatic N) is 1. The van der Waals surface area contributed by atoms with Gasteiger partial charge in [0.1, 0.15) is 12.2 Å². The predicted molar refractivity (Wildman–Crippen MR) is 168 cm³/mol. The zero-order chi connectivity index (χ0) is 32.2. The molecular formula is C34H42N4O6. The minimum absolute atomic E-state index is 0.00257. The summed E-state index contributed by atoms with van der Waals surface area (Å²) in [6.45, 7) is 6.49. The highest BCUT2D eigenvalue weighted by Crippen LogP contribution is 2.17. The number of hydrogen-bond acceptors (Lipinski definition) is 6. The second-order valence-corrected chi connectivity index (χ2v) is 10.8. The molecule has 4 unspecified atom stereocenters. The Morgan fingerprint density at radius 3 is 1.82 bits per heavy atom. The van der Waals surface area contributed by atoms with Crippen molar-refractivity contribution in [2.75, 3.05) is 13.1 Å². The molecule has 4 amide bonds. The number of benzene rings is 3. The molecule has 0 fully saturated rings. The molecule has 0 saturated carbocycles. The first kappa shape index (κ1) is 34.0. The van der Waals surface area contributed by atoms with Gasteiger partial charge in [0.05, 0.1) is 12.1 Å². The number of nitrogens with two attached hydrogens (primary N) is 1. The molecule has 234 valence electrons. The number of amides is 4. The number of nitrogens with one attached hydrogen (secondary N) is 2. The quantitative estimate of drug-likeness (QED) is 0.180. The lowest BCUT2D eigenvalue weighted by Gasteiger charge is -2.31. The van der Waals surface area contributed by atoms with E-state index >= 15 is 0 Å². The predicted octanol–water partition coefficient (Wildman–Crippen LogP) is 2.93. The summed E-state index contributed by atoms with van der Waals surface area (Å²) in [7, 11) is 0. The zero-order valence-electron chi connectivity index (χ0n) is 25.4. The normalized spacial score (nSPS) is 13.7. The Bertz CT molecular complexity index is 1410. The Morgan fingerprint density at radius 2 is 1.25 bits per heavy atom. The van der Waals surface area contributed by atoms with Gasteiger partial charge < -0.3 is 31.5 Å². The van der Waals surface area contributed by atoms with E-state index in [0.717, 1.165) is 18.4 Å². The highest BCUT2D eigenvalue weighted by molar-refractivity contribution is 6.04. The largest absolute Gasteiger partial charge is 0.388 e. The average molecular weight is 603 g/mol. The van der Waals surface area contributed by atoms with Crippen molar-refractivity contribution < 1.29 is 29.4 Å². The summed E-state index contributed by atoms with van der Waals surface area (Å²) in [6, 6.07) is 19.7. The number of carbonyl (C=O) groups excluding carboxylic acids is 4. The van der Waals surface area contributed by atoms with Crippen molar-refractivity contribution in [1.29, 1.82) is 0 Å². The highest BCUT2D eigenvalue weighted by Gasteiger charge is 2.33. The van der Waals surface area contributed by atoms with E-state index in [4.69, 9.17) is 5.73 Å². The summed E-state index contributed by atoms with van der Waals surface area (Å²) < 4.78 is 0. The summed E-state index contributed by atoms with van der Waals surface area (Å²) in [5.74, 6) is -2.22. The standard InChI is InChI=1S/C34H42N4O6/c1-4-16-38(17-5-2)34(44)27-20-25(31(35)41)19-26(21-27)33(43)37-28(18-23-12-8-6-9-13-23)30(40)29(39)22(3)36-32(42)24-14-10-7-11-15-24/h6-15,19-22,28-30,39-40H,4-5,16-18H2,1-3H3,(H2,35,41)(H,36,42)(H,37,43). The number of primary amides is 1. The Balaban J connectivity index is 1.89. The summed E-state index contributed by atoms with van der Waals surface area (Å²) in [5.41, 5.74) is 6.86. The third kappa shape index (κ3) is 9.23. The van der Waals surface area contributed by atoms with E-state index in [2.05, 4.69) is 10.6 Å². The van der Waals surface area contributed by atoms with Gasteiger partial charge in [-0.2, -0.15) is 0 Å². The fraction of sp³-hybridized carbons (Fsp3) is 0.353. The lowest BCUT2D eigenvalue weighted by atomic mass is 9.94. The maximum atomic E-state index is 13.6. The molecule has 0 saturated heterocycles. The van der Waals surface area contributed by atoms with Crippen LogP contribution in [0.1, 0.15) is 80.6 Å². The number of carbonyl (C=O) groups is 4. The van der Waals surface area contributed by atoms with Crippen LogP contribution in [0.25, 0.3) is 0 Å².